The van der Waals surface area contributed by atoms with E-state index in [9.17, 15) is 0 Å². The molecule has 0 spiro atoms. The van der Waals surface area contributed by atoms with Crippen molar-refractivity contribution in [1.82, 2.24) is 9.55 Å². The number of imidazole rings is 1. The number of aryl methyl sites for hydroxylation is 1. The molecule has 1 aliphatic rings. The first kappa shape index (κ1) is 19.3. The predicted octanol–water partition coefficient (Wildman–Crippen LogP) is 4.88. The van der Waals surface area contributed by atoms with E-state index >= 15 is 0 Å². The summed E-state index contributed by atoms with van der Waals surface area (Å²) in [5.41, 5.74) is 3.03. The second-order valence-corrected chi connectivity index (χ2v) is 7.75. The second-order valence-electron chi connectivity index (χ2n) is 6.91. The molecule has 0 saturated carbocycles. The molecule has 28 heavy (non-hydrogen) atoms. The van der Waals surface area contributed by atoms with Gasteiger partial charge in [-0.05, 0) is 31.2 Å². The summed E-state index contributed by atoms with van der Waals surface area (Å²) in [5, 5.41) is 4.49. The molecule has 3 aromatic rings. The van der Waals surface area contributed by atoms with Crippen molar-refractivity contribution < 1.29 is 9.47 Å². The minimum atomic E-state index is -0.998. The molecule has 2 aromatic carbocycles. The number of nitrogens with one attached hydrogen (secondary N) is 1. The predicted molar refractivity (Wildman–Crippen MR) is 111 cm³/mol. The highest BCUT2D eigenvalue weighted by atomic mass is 35.5. The molecule has 1 fully saturated rings. The van der Waals surface area contributed by atoms with Crippen LogP contribution in [0.25, 0.3) is 0 Å². The molecule has 1 aliphatic heterocycles. The highest BCUT2D eigenvalue weighted by Gasteiger charge is 2.45. The van der Waals surface area contributed by atoms with E-state index in [1.54, 1.807) is 24.7 Å². The Morgan fingerprint density at radius 1 is 1.21 bits per heavy atom. The van der Waals surface area contributed by atoms with Crippen LogP contribution in [0.15, 0.2) is 61.2 Å². The number of aromatic nitrogens is 2. The van der Waals surface area contributed by atoms with Crippen LogP contribution < -0.4 is 5.32 Å². The highest BCUT2D eigenvalue weighted by molar-refractivity contribution is 6.35. The van der Waals surface area contributed by atoms with Crippen LogP contribution in [0.2, 0.25) is 10.0 Å². The van der Waals surface area contributed by atoms with Crippen LogP contribution in [-0.2, 0) is 21.8 Å². The Morgan fingerprint density at radius 3 is 2.75 bits per heavy atom. The van der Waals surface area contributed by atoms with Crippen molar-refractivity contribution in [3.05, 3.63) is 82.4 Å². The van der Waals surface area contributed by atoms with Gasteiger partial charge in [-0.1, -0.05) is 47.0 Å². The molecule has 0 bridgehead atoms. The lowest BCUT2D eigenvalue weighted by atomic mass is 10.1. The number of hydrogen-bond donors (Lipinski definition) is 1. The number of nitrogens with zero attached hydrogens (tertiary/aromatic N) is 2. The van der Waals surface area contributed by atoms with Gasteiger partial charge in [0.05, 0.1) is 24.5 Å². The van der Waals surface area contributed by atoms with Crippen molar-refractivity contribution in [2.24, 2.45) is 0 Å². The van der Waals surface area contributed by atoms with E-state index in [1.165, 1.54) is 5.56 Å². The normalized spacial score (nSPS) is 21.8. The fourth-order valence-corrected chi connectivity index (χ4v) is 3.85. The minimum Gasteiger partial charge on any atom is -0.382 e. The lowest BCUT2D eigenvalue weighted by Gasteiger charge is -2.30. The molecule has 5 nitrogen and oxygen atoms in total. The maximum Gasteiger partial charge on any atom is 0.215 e. The first-order valence-electron chi connectivity index (χ1n) is 9.08. The average Bonchev–Trinajstić information content (AvgIpc) is 3.32. The molecule has 0 aliphatic carbocycles. The van der Waals surface area contributed by atoms with Crippen molar-refractivity contribution >= 4 is 28.9 Å². The van der Waals surface area contributed by atoms with Gasteiger partial charge in [-0.2, -0.15) is 0 Å². The van der Waals surface area contributed by atoms with Crippen LogP contribution in [-0.4, -0.2) is 28.8 Å². The molecule has 0 amide bonds. The van der Waals surface area contributed by atoms with Gasteiger partial charge in [-0.25, -0.2) is 4.98 Å². The number of halogens is 2. The van der Waals surface area contributed by atoms with E-state index in [0.29, 0.717) is 29.7 Å². The summed E-state index contributed by atoms with van der Waals surface area (Å²) >= 11 is 12.6. The van der Waals surface area contributed by atoms with E-state index < -0.39 is 5.79 Å². The van der Waals surface area contributed by atoms with Gasteiger partial charge in [-0.3, -0.25) is 0 Å². The molecule has 2 unspecified atom stereocenters. The zero-order valence-electron chi connectivity index (χ0n) is 15.4. The van der Waals surface area contributed by atoms with Gasteiger partial charge in [0, 0.05) is 35.2 Å². The third kappa shape index (κ3) is 4.18. The number of ether oxygens (including phenoxy) is 2. The maximum absolute atomic E-state index is 6.49. The van der Waals surface area contributed by atoms with Gasteiger partial charge < -0.3 is 19.4 Å². The lowest BCUT2D eigenvalue weighted by molar-refractivity contribution is -0.185. The van der Waals surface area contributed by atoms with Crippen molar-refractivity contribution in [2.75, 3.05) is 18.5 Å². The smallest absolute Gasteiger partial charge is 0.215 e. The zero-order valence-corrected chi connectivity index (χ0v) is 17.0. The Labute approximate surface area is 174 Å². The summed E-state index contributed by atoms with van der Waals surface area (Å²) in [7, 11) is 0. The summed E-state index contributed by atoms with van der Waals surface area (Å²) in [5.74, 6) is -0.998. The molecule has 2 heterocycles. The SMILES string of the molecule is Cc1ccc(NCC2COC(Cn3ccnc3)(c3ccc(Cl)cc3Cl)O2)cc1. The summed E-state index contributed by atoms with van der Waals surface area (Å²) in [6.45, 7) is 3.58. The first-order chi connectivity index (χ1) is 13.5. The lowest BCUT2D eigenvalue weighted by Crippen LogP contribution is -2.34. The largest absolute Gasteiger partial charge is 0.382 e. The molecule has 1 aromatic heterocycles. The summed E-state index contributed by atoms with van der Waals surface area (Å²) in [4.78, 5) is 4.11. The molecule has 7 heteroatoms. The fraction of sp³-hybridized carbons (Fsp3) is 0.286. The van der Waals surface area contributed by atoms with Gasteiger partial charge >= 0.3 is 0 Å². The van der Waals surface area contributed by atoms with Gasteiger partial charge in [0.25, 0.3) is 0 Å². The van der Waals surface area contributed by atoms with Crippen LogP contribution in [0, 0.1) is 6.92 Å². The van der Waals surface area contributed by atoms with E-state index in [2.05, 4.69) is 41.5 Å². The summed E-state index contributed by atoms with van der Waals surface area (Å²) in [6, 6.07) is 13.6. The van der Waals surface area contributed by atoms with Gasteiger partial charge in [0.2, 0.25) is 5.79 Å². The third-order valence-corrected chi connectivity index (χ3v) is 5.28. The molecule has 1 N–H and O–H groups in total. The third-order valence-electron chi connectivity index (χ3n) is 4.74. The monoisotopic (exact) mass is 417 g/mol. The van der Waals surface area contributed by atoms with Crippen LogP contribution in [0.5, 0.6) is 0 Å². The van der Waals surface area contributed by atoms with Crippen molar-refractivity contribution in [2.45, 2.75) is 25.4 Å². The fourth-order valence-electron chi connectivity index (χ4n) is 3.30. The molecule has 1 saturated heterocycles. The topological polar surface area (TPSA) is 48.3 Å². The summed E-state index contributed by atoms with van der Waals surface area (Å²) < 4.78 is 14.5. The Kier molecular flexibility index (Phi) is 5.60. The molecular weight excluding hydrogens is 397 g/mol. The minimum absolute atomic E-state index is 0.128. The Balaban J connectivity index is 1.54. The Hall–Kier alpha value is -2.05. The van der Waals surface area contributed by atoms with Crippen LogP contribution in [0.1, 0.15) is 11.1 Å². The first-order valence-corrected chi connectivity index (χ1v) is 9.83. The maximum atomic E-state index is 6.49. The van der Waals surface area contributed by atoms with Gasteiger partial charge in [0.15, 0.2) is 0 Å². The number of benzene rings is 2. The van der Waals surface area contributed by atoms with E-state index in [4.69, 9.17) is 32.7 Å². The number of anilines is 1. The number of rotatable bonds is 6. The molecule has 2 atom stereocenters. The standard InChI is InChI=1S/C21H21Cl2N3O2/c1-15-2-5-17(6-3-15)25-11-18-12-27-21(28-18,13-26-9-8-24-14-26)19-7-4-16(22)10-20(19)23/h2-10,14,18,25H,11-13H2,1H3. The molecule has 146 valence electrons. The van der Waals surface area contributed by atoms with E-state index in [-0.39, 0.29) is 6.10 Å². The molecule has 4 rings (SSSR count). The van der Waals surface area contributed by atoms with Crippen LogP contribution in [0.4, 0.5) is 5.69 Å². The Morgan fingerprint density at radius 2 is 2.04 bits per heavy atom. The number of hydrogen-bond acceptors (Lipinski definition) is 4. The van der Waals surface area contributed by atoms with E-state index in [1.807, 2.05) is 16.8 Å². The quantitative estimate of drug-likeness (QED) is 0.620. The van der Waals surface area contributed by atoms with Gasteiger partial charge in [0.1, 0.15) is 6.10 Å². The highest BCUT2D eigenvalue weighted by Crippen LogP contribution is 2.40. The van der Waals surface area contributed by atoms with Crippen LogP contribution >= 0.6 is 23.2 Å². The van der Waals surface area contributed by atoms with Crippen LogP contribution in [0.3, 0.4) is 0 Å². The summed E-state index contributed by atoms with van der Waals surface area (Å²) in [6.07, 6.45) is 5.20. The van der Waals surface area contributed by atoms with Crippen molar-refractivity contribution in [3.63, 3.8) is 0 Å². The second kappa shape index (κ2) is 8.13. The Bertz CT molecular complexity index is 931. The van der Waals surface area contributed by atoms with E-state index in [0.717, 1.165) is 11.3 Å². The van der Waals surface area contributed by atoms with Crippen molar-refractivity contribution in [1.29, 1.82) is 0 Å². The average molecular weight is 418 g/mol. The van der Waals surface area contributed by atoms with Crippen molar-refractivity contribution in [3.8, 4) is 0 Å². The zero-order chi connectivity index (χ0) is 19.6. The molecular formula is C21H21Cl2N3O2. The van der Waals surface area contributed by atoms with Gasteiger partial charge in [-0.15, -0.1) is 0 Å². The molecule has 0 radical (unpaired) electrons.